The van der Waals surface area contributed by atoms with E-state index >= 15 is 0 Å². The smallest absolute Gasteiger partial charge is 0.279 e. The SMILES string of the molecule is CCCN(C)S(=O)(=O)NCc1ccc2c(c1)CNC2.Cl. The first-order valence-electron chi connectivity index (χ1n) is 6.55. The molecule has 2 N–H and O–H groups in total. The van der Waals surface area contributed by atoms with Crippen molar-refractivity contribution in [2.45, 2.75) is 33.0 Å². The molecule has 114 valence electrons. The molecule has 0 radical (unpaired) electrons. The lowest BCUT2D eigenvalue weighted by atomic mass is 10.1. The van der Waals surface area contributed by atoms with Crippen molar-refractivity contribution in [3.05, 3.63) is 34.9 Å². The molecular formula is C13H22ClN3O2S. The topological polar surface area (TPSA) is 61.4 Å². The van der Waals surface area contributed by atoms with Crippen LogP contribution >= 0.6 is 12.4 Å². The molecule has 2 rings (SSSR count). The molecule has 0 fully saturated rings. The molecule has 7 heteroatoms. The van der Waals surface area contributed by atoms with Crippen LogP contribution in [0, 0.1) is 0 Å². The molecule has 0 amide bonds. The summed E-state index contributed by atoms with van der Waals surface area (Å²) < 4.78 is 27.8. The highest BCUT2D eigenvalue weighted by Crippen LogP contribution is 2.17. The van der Waals surface area contributed by atoms with Crippen LogP contribution in [0.5, 0.6) is 0 Å². The van der Waals surface area contributed by atoms with E-state index in [1.165, 1.54) is 15.4 Å². The maximum atomic E-state index is 11.9. The third-order valence-electron chi connectivity index (χ3n) is 3.31. The Morgan fingerprint density at radius 1 is 1.30 bits per heavy atom. The highest BCUT2D eigenvalue weighted by atomic mass is 35.5. The third kappa shape index (κ3) is 4.17. The maximum Gasteiger partial charge on any atom is 0.279 e. The van der Waals surface area contributed by atoms with Crippen LogP contribution in [0.4, 0.5) is 0 Å². The maximum absolute atomic E-state index is 11.9. The van der Waals surface area contributed by atoms with Gasteiger partial charge in [0.25, 0.3) is 10.2 Å². The summed E-state index contributed by atoms with van der Waals surface area (Å²) in [6.07, 6.45) is 0.807. The number of hydrogen-bond acceptors (Lipinski definition) is 3. The minimum atomic E-state index is -3.37. The molecule has 5 nitrogen and oxygen atoms in total. The molecule has 0 atom stereocenters. The Morgan fingerprint density at radius 3 is 2.70 bits per heavy atom. The summed E-state index contributed by atoms with van der Waals surface area (Å²) in [7, 11) is -1.77. The fraction of sp³-hybridized carbons (Fsp3) is 0.538. The van der Waals surface area contributed by atoms with Crippen molar-refractivity contribution in [2.75, 3.05) is 13.6 Å². The monoisotopic (exact) mass is 319 g/mol. The molecule has 1 aromatic rings. The van der Waals surface area contributed by atoms with E-state index in [4.69, 9.17) is 0 Å². The van der Waals surface area contributed by atoms with E-state index < -0.39 is 10.2 Å². The Kier molecular flexibility index (Phi) is 6.42. The van der Waals surface area contributed by atoms with Crippen LogP contribution in [0.15, 0.2) is 18.2 Å². The second-order valence-electron chi connectivity index (χ2n) is 4.85. The predicted octanol–water partition coefficient (Wildman–Crippen LogP) is 1.39. The van der Waals surface area contributed by atoms with E-state index in [1.54, 1.807) is 7.05 Å². The van der Waals surface area contributed by atoms with Crippen molar-refractivity contribution in [3.63, 3.8) is 0 Å². The Bertz CT molecular complexity index is 549. The molecule has 1 aliphatic rings. The van der Waals surface area contributed by atoms with Gasteiger partial charge >= 0.3 is 0 Å². The zero-order valence-corrected chi connectivity index (χ0v) is 13.5. The van der Waals surface area contributed by atoms with E-state index in [2.05, 4.69) is 22.2 Å². The van der Waals surface area contributed by atoms with Gasteiger partial charge in [-0.25, -0.2) is 0 Å². The molecular weight excluding hydrogens is 298 g/mol. The van der Waals surface area contributed by atoms with E-state index in [0.29, 0.717) is 13.1 Å². The van der Waals surface area contributed by atoms with Crippen LogP contribution in [-0.4, -0.2) is 26.3 Å². The molecule has 0 saturated heterocycles. The second kappa shape index (κ2) is 7.38. The first-order valence-corrected chi connectivity index (χ1v) is 7.99. The van der Waals surface area contributed by atoms with Gasteiger partial charge in [-0.05, 0) is 23.1 Å². The number of fused-ring (bicyclic) bond motifs is 1. The Labute approximate surface area is 127 Å². The lowest BCUT2D eigenvalue weighted by Gasteiger charge is -2.17. The van der Waals surface area contributed by atoms with Gasteiger partial charge in [-0.1, -0.05) is 25.1 Å². The van der Waals surface area contributed by atoms with E-state index in [9.17, 15) is 8.42 Å². The summed E-state index contributed by atoms with van der Waals surface area (Å²) in [6, 6.07) is 6.11. The summed E-state index contributed by atoms with van der Waals surface area (Å²) in [4.78, 5) is 0. The minimum absolute atomic E-state index is 0. The van der Waals surface area contributed by atoms with Crippen molar-refractivity contribution in [1.82, 2.24) is 14.3 Å². The van der Waals surface area contributed by atoms with Crippen LogP contribution in [0.2, 0.25) is 0 Å². The molecule has 1 aliphatic heterocycles. The van der Waals surface area contributed by atoms with Gasteiger partial charge in [0.2, 0.25) is 0 Å². The highest BCUT2D eigenvalue weighted by Gasteiger charge is 2.16. The average molecular weight is 320 g/mol. The third-order valence-corrected chi connectivity index (χ3v) is 4.82. The first-order chi connectivity index (χ1) is 9.03. The van der Waals surface area contributed by atoms with Crippen molar-refractivity contribution in [2.24, 2.45) is 0 Å². The summed E-state index contributed by atoms with van der Waals surface area (Å²) >= 11 is 0. The summed E-state index contributed by atoms with van der Waals surface area (Å²) in [5.74, 6) is 0. The van der Waals surface area contributed by atoms with Gasteiger partial charge in [-0.2, -0.15) is 17.4 Å². The molecule has 1 aromatic carbocycles. The van der Waals surface area contributed by atoms with Crippen LogP contribution < -0.4 is 10.0 Å². The average Bonchev–Trinajstić information content (AvgIpc) is 2.84. The lowest BCUT2D eigenvalue weighted by Crippen LogP contribution is -2.38. The number of nitrogens with zero attached hydrogens (tertiary/aromatic N) is 1. The predicted molar refractivity (Wildman–Crippen MR) is 82.9 cm³/mol. The summed E-state index contributed by atoms with van der Waals surface area (Å²) in [6.45, 7) is 4.60. The van der Waals surface area contributed by atoms with Crippen LogP contribution in [-0.2, 0) is 29.8 Å². The van der Waals surface area contributed by atoms with E-state index in [-0.39, 0.29) is 12.4 Å². The number of rotatable bonds is 6. The highest BCUT2D eigenvalue weighted by molar-refractivity contribution is 7.87. The van der Waals surface area contributed by atoms with Gasteiger partial charge in [0.1, 0.15) is 0 Å². The van der Waals surface area contributed by atoms with E-state index in [0.717, 1.165) is 25.1 Å². The van der Waals surface area contributed by atoms with Gasteiger partial charge in [0.15, 0.2) is 0 Å². The fourth-order valence-corrected chi connectivity index (χ4v) is 3.17. The molecule has 0 unspecified atom stereocenters. The normalized spacial score (nSPS) is 14.2. The van der Waals surface area contributed by atoms with Gasteiger partial charge < -0.3 is 5.32 Å². The Balaban J connectivity index is 0.00000200. The molecule has 0 spiro atoms. The largest absolute Gasteiger partial charge is 0.309 e. The number of halogens is 1. The first kappa shape index (κ1) is 17.4. The quantitative estimate of drug-likeness (QED) is 0.833. The summed E-state index contributed by atoms with van der Waals surface area (Å²) in [5.41, 5.74) is 3.56. The van der Waals surface area contributed by atoms with Crippen LogP contribution in [0.25, 0.3) is 0 Å². The van der Waals surface area contributed by atoms with E-state index in [1.807, 2.05) is 13.0 Å². The van der Waals surface area contributed by atoms with Gasteiger partial charge in [-0.3, -0.25) is 0 Å². The zero-order chi connectivity index (χ0) is 13.9. The molecule has 20 heavy (non-hydrogen) atoms. The van der Waals surface area contributed by atoms with Gasteiger partial charge in [-0.15, -0.1) is 12.4 Å². The molecule has 1 heterocycles. The van der Waals surface area contributed by atoms with Crippen LogP contribution in [0.3, 0.4) is 0 Å². The standard InChI is InChI=1S/C13H21N3O2S.ClH/c1-3-6-16(2)19(17,18)15-8-11-4-5-12-9-14-10-13(12)7-11;/h4-5,7,14-15H,3,6,8-10H2,1-2H3;1H. The van der Waals surface area contributed by atoms with Gasteiger partial charge in [0.05, 0.1) is 0 Å². The molecule has 0 bridgehead atoms. The molecule has 0 aromatic heterocycles. The van der Waals surface area contributed by atoms with Gasteiger partial charge in [0, 0.05) is 33.2 Å². The van der Waals surface area contributed by atoms with Crippen LogP contribution in [0.1, 0.15) is 30.0 Å². The van der Waals surface area contributed by atoms with Crippen molar-refractivity contribution in [3.8, 4) is 0 Å². The fourth-order valence-electron chi connectivity index (χ4n) is 2.18. The second-order valence-corrected chi connectivity index (χ2v) is 6.72. The lowest BCUT2D eigenvalue weighted by molar-refractivity contribution is 0.457. The minimum Gasteiger partial charge on any atom is -0.309 e. The summed E-state index contributed by atoms with van der Waals surface area (Å²) in [5, 5.41) is 3.28. The number of nitrogens with one attached hydrogen (secondary N) is 2. The number of hydrogen-bond donors (Lipinski definition) is 2. The Hall–Kier alpha value is -0.660. The van der Waals surface area contributed by atoms with Crippen molar-refractivity contribution in [1.29, 1.82) is 0 Å². The zero-order valence-electron chi connectivity index (χ0n) is 11.8. The van der Waals surface area contributed by atoms with Crippen molar-refractivity contribution < 1.29 is 8.42 Å². The molecule has 0 saturated carbocycles. The van der Waals surface area contributed by atoms with Crippen molar-refractivity contribution >= 4 is 22.6 Å². The molecule has 0 aliphatic carbocycles. The Morgan fingerprint density at radius 2 is 2.00 bits per heavy atom. The number of benzene rings is 1.